The Morgan fingerprint density at radius 3 is 2.78 bits per heavy atom. The molecule has 10 heteroatoms. The van der Waals surface area contributed by atoms with Crippen LogP contribution in [0.3, 0.4) is 0 Å². The number of benzene rings is 1. The van der Waals surface area contributed by atoms with Gasteiger partial charge in [-0.2, -0.15) is 0 Å². The summed E-state index contributed by atoms with van der Waals surface area (Å²) in [5.74, 6) is 2.06. The van der Waals surface area contributed by atoms with E-state index in [0.717, 1.165) is 59.7 Å². The lowest BCUT2D eigenvalue weighted by Crippen LogP contribution is -2.22. The Bertz CT molecular complexity index is 1310. The lowest BCUT2D eigenvalue weighted by Gasteiger charge is -2.14. The minimum atomic E-state index is -0.00443. The molecule has 166 valence electrons. The second-order valence-electron chi connectivity index (χ2n) is 7.73. The van der Waals surface area contributed by atoms with Crippen LogP contribution in [0.5, 0.6) is 5.75 Å². The summed E-state index contributed by atoms with van der Waals surface area (Å²) in [4.78, 5) is 20.9. The first-order valence-corrected chi connectivity index (χ1v) is 12.6. The number of nitrogens with zero attached hydrogens (tertiary/aromatic N) is 6. The van der Waals surface area contributed by atoms with Gasteiger partial charge < -0.3 is 4.74 Å². The van der Waals surface area contributed by atoms with E-state index in [1.165, 1.54) is 28.6 Å². The molecule has 3 aromatic heterocycles. The highest BCUT2D eigenvalue weighted by atomic mass is 32.2. The van der Waals surface area contributed by atoms with Crippen molar-refractivity contribution in [1.29, 1.82) is 0 Å². The molecule has 1 aliphatic rings. The lowest BCUT2D eigenvalue weighted by molar-refractivity contribution is 0.414. The fraction of sp³-hybridized carbons (Fsp3) is 0.409. The fourth-order valence-corrected chi connectivity index (χ4v) is 6.33. The molecule has 5 rings (SSSR count). The average molecular weight is 469 g/mol. The first kappa shape index (κ1) is 21.1. The predicted octanol–water partition coefficient (Wildman–Crippen LogP) is 4.02. The van der Waals surface area contributed by atoms with Crippen LogP contribution in [0.25, 0.3) is 15.9 Å². The Labute approximate surface area is 193 Å². The third-order valence-electron chi connectivity index (χ3n) is 5.66. The zero-order valence-corrected chi connectivity index (χ0v) is 19.7. The average Bonchev–Trinajstić information content (AvgIpc) is 3.42. The smallest absolute Gasteiger partial charge is 0.267 e. The number of fused-ring (bicyclic) bond motifs is 3. The van der Waals surface area contributed by atoms with Crippen LogP contribution in [-0.2, 0) is 25.1 Å². The minimum Gasteiger partial charge on any atom is -0.497 e. The van der Waals surface area contributed by atoms with Crippen molar-refractivity contribution in [2.45, 2.75) is 56.5 Å². The van der Waals surface area contributed by atoms with Crippen LogP contribution in [0.15, 0.2) is 34.2 Å². The monoisotopic (exact) mass is 468 g/mol. The predicted molar refractivity (Wildman–Crippen MR) is 126 cm³/mol. The van der Waals surface area contributed by atoms with Gasteiger partial charge in [-0.1, -0.05) is 18.7 Å². The highest BCUT2D eigenvalue weighted by Crippen LogP contribution is 2.35. The summed E-state index contributed by atoms with van der Waals surface area (Å²) in [7, 11) is 1.63. The van der Waals surface area contributed by atoms with Crippen LogP contribution in [0.1, 0.15) is 42.5 Å². The van der Waals surface area contributed by atoms with E-state index in [9.17, 15) is 4.79 Å². The van der Waals surface area contributed by atoms with E-state index in [1.807, 2.05) is 28.9 Å². The molecule has 0 aliphatic heterocycles. The SMILES string of the molecule is CCCn1nnnc1CSc1nc2sc3c(c2c(=O)n1-c1ccc(OC)cc1)CCCC3. The van der Waals surface area contributed by atoms with Gasteiger partial charge >= 0.3 is 0 Å². The molecule has 0 N–H and O–H groups in total. The van der Waals surface area contributed by atoms with Crippen molar-refractivity contribution in [2.24, 2.45) is 0 Å². The van der Waals surface area contributed by atoms with E-state index >= 15 is 0 Å². The standard InChI is InChI=1S/C22H24N6O2S2/c1-3-12-27-18(24-25-26-27)13-31-22-23-20-19(16-6-4-5-7-17(16)32-20)21(29)28(22)14-8-10-15(30-2)11-9-14/h8-11H,3-7,12-13H2,1-2H3. The molecule has 0 atom stereocenters. The number of thiophene rings is 1. The maximum Gasteiger partial charge on any atom is 0.267 e. The van der Waals surface area contributed by atoms with Gasteiger partial charge in [0.2, 0.25) is 0 Å². The number of tetrazole rings is 1. The van der Waals surface area contributed by atoms with E-state index in [0.29, 0.717) is 10.9 Å². The molecule has 1 aliphatic carbocycles. The summed E-state index contributed by atoms with van der Waals surface area (Å²) < 4.78 is 8.83. The summed E-state index contributed by atoms with van der Waals surface area (Å²) in [5.41, 5.74) is 1.96. The molecule has 32 heavy (non-hydrogen) atoms. The Kier molecular flexibility index (Phi) is 5.97. The first-order valence-electron chi connectivity index (χ1n) is 10.8. The molecule has 4 aromatic rings. The van der Waals surface area contributed by atoms with E-state index in [2.05, 4.69) is 22.4 Å². The largest absolute Gasteiger partial charge is 0.497 e. The molecular formula is C22H24N6O2S2. The molecule has 0 bridgehead atoms. The molecule has 0 spiro atoms. The maximum atomic E-state index is 13.8. The molecule has 8 nitrogen and oxygen atoms in total. The Hall–Kier alpha value is -2.72. The molecule has 0 unspecified atom stereocenters. The Balaban J connectivity index is 1.62. The topological polar surface area (TPSA) is 87.7 Å². The number of aryl methyl sites for hydroxylation is 3. The molecule has 0 radical (unpaired) electrons. The van der Waals surface area contributed by atoms with Crippen molar-refractivity contribution in [3.05, 3.63) is 50.9 Å². The van der Waals surface area contributed by atoms with Crippen LogP contribution < -0.4 is 10.3 Å². The van der Waals surface area contributed by atoms with Crippen molar-refractivity contribution in [2.75, 3.05) is 7.11 Å². The molecule has 0 saturated carbocycles. The van der Waals surface area contributed by atoms with Gasteiger partial charge in [0.25, 0.3) is 5.56 Å². The van der Waals surface area contributed by atoms with Crippen molar-refractivity contribution < 1.29 is 4.74 Å². The van der Waals surface area contributed by atoms with Crippen molar-refractivity contribution in [3.8, 4) is 11.4 Å². The molecule has 0 amide bonds. The molecule has 0 fully saturated rings. The van der Waals surface area contributed by atoms with E-state index < -0.39 is 0 Å². The lowest BCUT2D eigenvalue weighted by atomic mass is 9.97. The third-order valence-corrected chi connectivity index (χ3v) is 7.78. The van der Waals surface area contributed by atoms with Crippen molar-refractivity contribution in [3.63, 3.8) is 0 Å². The number of hydrogen-bond acceptors (Lipinski definition) is 8. The Morgan fingerprint density at radius 1 is 1.19 bits per heavy atom. The van der Waals surface area contributed by atoms with Crippen LogP contribution >= 0.6 is 23.1 Å². The summed E-state index contributed by atoms with van der Waals surface area (Å²) in [6.45, 7) is 2.85. The summed E-state index contributed by atoms with van der Waals surface area (Å²) in [5, 5.41) is 13.5. The third kappa shape index (κ3) is 3.81. The number of ether oxygens (including phenoxy) is 1. The zero-order valence-electron chi connectivity index (χ0n) is 18.1. The molecule has 1 aromatic carbocycles. The summed E-state index contributed by atoms with van der Waals surface area (Å²) >= 11 is 3.16. The molecule has 0 saturated heterocycles. The van der Waals surface area contributed by atoms with Crippen molar-refractivity contribution in [1.82, 2.24) is 29.8 Å². The normalized spacial score (nSPS) is 13.4. The van der Waals surface area contributed by atoms with Gasteiger partial charge in [-0.15, -0.1) is 16.4 Å². The maximum absolute atomic E-state index is 13.8. The van der Waals surface area contributed by atoms with Gasteiger partial charge in [0.05, 0.1) is 23.9 Å². The minimum absolute atomic E-state index is 0.00443. The van der Waals surface area contributed by atoms with Gasteiger partial charge in [-0.05, 0) is 72.4 Å². The molecular weight excluding hydrogens is 444 g/mol. The first-order chi connectivity index (χ1) is 15.7. The molecule has 3 heterocycles. The van der Waals surface area contributed by atoms with Crippen molar-refractivity contribution >= 4 is 33.3 Å². The number of aromatic nitrogens is 6. The summed E-state index contributed by atoms with van der Waals surface area (Å²) in [6.07, 6.45) is 5.23. The van der Waals surface area contributed by atoms with Gasteiger partial charge in [-0.25, -0.2) is 9.67 Å². The number of methoxy groups -OCH3 is 1. The van der Waals surface area contributed by atoms with Crippen LogP contribution in [0, 0.1) is 0 Å². The van der Waals surface area contributed by atoms with Gasteiger partial charge in [0.1, 0.15) is 10.6 Å². The highest BCUT2D eigenvalue weighted by molar-refractivity contribution is 7.98. The van der Waals surface area contributed by atoms with Gasteiger partial charge in [-0.3, -0.25) is 9.36 Å². The zero-order chi connectivity index (χ0) is 22.1. The quantitative estimate of drug-likeness (QED) is 0.299. The Morgan fingerprint density at radius 2 is 2.00 bits per heavy atom. The van der Waals surface area contributed by atoms with Gasteiger partial charge in [0, 0.05) is 11.4 Å². The van der Waals surface area contributed by atoms with E-state index in [4.69, 9.17) is 9.72 Å². The second kappa shape index (κ2) is 9.03. The fourth-order valence-electron chi connectivity index (χ4n) is 4.08. The van der Waals surface area contributed by atoms with Gasteiger partial charge in [0.15, 0.2) is 11.0 Å². The summed E-state index contributed by atoms with van der Waals surface area (Å²) in [6, 6.07) is 7.53. The van der Waals surface area contributed by atoms with Crippen LogP contribution in [0.2, 0.25) is 0 Å². The number of hydrogen-bond donors (Lipinski definition) is 0. The van der Waals surface area contributed by atoms with E-state index in [1.54, 1.807) is 23.0 Å². The number of rotatable bonds is 7. The second-order valence-corrected chi connectivity index (χ2v) is 9.76. The van der Waals surface area contributed by atoms with Crippen LogP contribution in [-0.4, -0.2) is 36.9 Å². The van der Waals surface area contributed by atoms with Crippen LogP contribution in [0.4, 0.5) is 0 Å². The highest BCUT2D eigenvalue weighted by Gasteiger charge is 2.23. The number of thioether (sulfide) groups is 1. The van der Waals surface area contributed by atoms with E-state index in [-0.39, 0.29) is 5.56 Å².